The van der Waals surface area contributed by atoms with Gasteiger partial charge in [-0.3, -0.25) is 14.4 Å². The summed E-state index contributed by atoms with van der Waals surface area (Å²) in [6, 6.07) is 11.6. The van der Waals surface area contributed by atoms with Crippen molar-refractivity contribution in [3.8, 4) is 0 Å². The molecule has 2 aromatic rings. The molecule has 2 amide bonds. The van der Waals surface area contributed by atoms with Crippen molar-refractivity contribution in [2.24, 2.45) is 0 Å². The van der Waals surface area contributed by atoms with Gasteiger partial charge in [0.2, 0.25) is 5.56 Å². The van der Waals surface area contributed by atoms with E-state index in [-0.39, 0.29) is 17.4 Å². The Hall–Kier alpha value is -2.89. The Morgan fingerprint density at radius 2 is 1.48 bits per heavy atom. The van der Waals surface area contributed by atoms with Crippen LogP contribution >= 0.6 is 0 Å². The zero-order valence-corrected chi connectivity index (χ0v) is 11.3. The maximum Gasteiger partial charge on any atom is 0.252 e. The van der Waals surface area contributed by atoms with Crippen LogP contribution in [-0.4, -0.2) is 29.9 Å². The molecule has 0 fully saturated rings. The Labute approximate surface area is 121 Å². The first-order valence-electron chi connectivity index (χ1n) is 6.47. The van der Waals surface area contributed by atoms with E-state index >= 15 is 0 Å². The smallest absolute Gasteiger partial charge is 0.252 e. The standard InChI is InChI=1S/C15H15N3O3/c19-13-7-6-12(10-18-13)15(21)17-9-8-16-14(20)11-4-2-1-3-5-11/h1-7,10H,8-9H2,(H,16,20)(H,17,21)(H,18,19). The van der Waals surface area contributed by atoms with Crippen LogP contribution in [0.1, 0.15) is 20.7 Å². The molecule has 3 N–H and O–H groups in total. The van der Waals surface area contributed by atoms with Crippen molar-refractivity contribution in [1.82, 2.24) is 15.6 Å². The average Bonchev–Trinajstić information content (AvgIpc) is 2.52. The monoisotopic (exact) mass is 285 g/mol. The van der Waals surface area contributed by atoms with Crippen molar-refractivity contribution in [2.45, 2.75) is 0 Å². The highest BCUT2D eigenvalue weighted by Crippen LogP contribution is 1.97. The van der Waals surface area contributed by atoms with Crippen LogP contribution in [0.15, 0.2) is 53.5 Å². The molecule has 2 rings (SSSR count). The van der Waals surface area contributed by atoms with E-state index in [9.17, 15) is 14.4 Å². The fourth-order valence-electron chi connectivity index (χ4n) is 1.70. The van der Waals surface area contributed by atoms with Crippen molar-refractivity contribution >= 4 is 11.8 Å². The topological polar surface area (TPSA) is 91.1 Å². The van der Waals surface area contributed by atoms with E-state index in [1.807, 2.05) is 6.07 Å². The average molecular weight is 285 g/mol. The maximum absolute atomic E-state index is 11.7. The minimum absolute atomic E-state index is 0.186. The fourth-order valence-corrected chi connectivity index (χ4v) is 1.70. The molecule has 0 aliphatic rings. The van der Waals surface area contributed by atoms with Gasteiger partial charge in [0.05, 0.1) is 5.56 Å². The number of nitrogens with one attached hydrogen (secondary N) is 3. The van der Waals surface area contributed by atoms with E-state index in [0.29, 0.717) is 24.2 Å². The molecule has 6 nitrogen and oxygen atoms in total. The lowest BCUT2D eigenvalue weighted by molar-refractivity contribution is 0.0927. The molecular formula is C15H15N3O3. The molecule has 1 aromatic carbocycles. The predicted octanol–water partition coefficient (Wildman–Crippen LogP) is 0.535. The minimum Gasteiger partial charge on any atom is -0.350 e. The van der Waals surface area contributed by atoms with E-state index in [0.717, 1.165) is 0 Å². The number of aromatic nitrogens is 1. The number of H-pyrrole nitrogens is 1. The Kier molecular flexibility index (Phi) is 4.87. The van der Waals surface area contributed by atoms with Crippen molar-refractivity contribution in [3.63, 3.8) is 0 Å². The van der Waals surface area contributed by atoms with Crippen molar-refractivity contribution in [1.29, 1.82) is 0 Å². The van der Waals surface area contributed by atoms with Crippen molar-refractivity contribution < 1.29 is 9.59 Å². The normalized spacial score (nSPS) is 9.90. The molecular weight excluding hydrogens is 270 g/mol. The Morgan fingerprint density at radius 1 is 0.857 bits per heavy atom. The summed E-state index contributed by atoms with van der Waals surface area (Å²) >= 11 is 0. The second-order valence-electron chi connectivity index (χ2n) is 4.32. The van der Waals surface area contributed by atoms with E-state index in [2.05, 4.69) is 15.6 Å². The SMILES string of the molecule is O=C(NCCNC(=O)c1ccc(=O)[nH]c1)c1ccccc1. The number of carbonyl (C=O) groups is 2. The molecule has 108 valence electrons. The van der Waals surface area contributed by atoms with Gasteiger partial charge in [0, 0.05) is 30.9 Å². The molecule has 0 bridgehead atoms. The van der Waals surface area contributed by atoms with E-state index in [1.165, 1.54) is 18.3 Å². The highest BCUT2D eigenvalue weighted by atomic mass is 16.2. The fraction of sp³-hybridized carbons (Fsp3) is 0.133. The number of pyridine rings is 1. The Balaban J connectivity index is 1.75. The predicted molar refractivity (Wildman–Crippen MR) is 78.2 cm³/mol. The van der Waals surface area contributed by atoms with Gasteiger partial charge in [0.25, 0.3) is 11.8 Å². The summed E-state index contributed by atoms with van der Waals surface area (Å²) in [4.78, 5) is 36.8. The van der Waals surface area contributed by atoms with Gasteiger partial charge in [-0.2, -0.15) is 0 Å². The van der Waals surface area contributed by atoms with E-state index in [1.54, 1.807) is 24.3 Å². The molecule has 0 aliphatic carbocycles. The number of hydrogen-bond acceptors (Lipinski definition) is 3. The second-order valence-corrected chi connectivity index (χ2v) is 4.32. The van der Waals surface area contributed by atoms with Gasteiger partial charge in [-0.05, 0) is 18.2 Å². The summed E-state index contributed by atoms with van der Waals surface area (Å²) in [5.41, 5.74) is 0.676. The van der Waals surface area contributed by atoms with Gasteiger partial charge >= 0.3 is 0 Å². The lowest BCUT2D eigenvalue weighted by Gasteiger charge is -2.07. The van der Waals surface area contributed by atoms with Gasteiger partial charge < -0.3 is 15.6 Å². The molecule has 1 heterocycles. The number of aromatic amines is 1. The van der Waals surface area contributed by atoms with E-state index < -0.39 is 0 Å². The molecule has 0 saturated heterocycles. The van der Waals surface area contributed by atoms with Crippen LogP contribution < -0.4 is 16.2 Å². The summed E-state index contributed by atoms with van der Waals surface area (Å²) in [6.07, 6.45) is 1.35. The third kappa shape index (κ3) is 4.31. The highest BCUT2D eigenvalue weighted by molar-refractivity contribution is 5.94. The molecule has 0 radical (unpaired) electrons. The van der Waals surface area contributed by atoms with Crippen LogP contribution in [0.25, 0.3) is 0 Å². The number of amides is 2. The van der Waals surface area contributed by atoms with Gasteiger partial charge in [-0.1, -0.05) is 18.2 Å². The summed E-state index contributed by atoms with van der Waals surface area (Å²) in [5, 5.41) is 5.35. The first-order chi connectivity index (χ1) is 10.2. The number of carbonyl (C=O) groups excluding carboxylic acids is 2. The molecule has 0 unspecified atom stereocenters. The third-order valence-corrected chi connectivity index (χ3v) is 2.78. The summed E-state index contributed by atoms with van der Waals surface area (Å²) < 4.78 is 0. The van der Waals surface area contributed by atoms with Crippen molar-refractivity contribution in [3.05, 3.63) is 70.1 Å². The van der Waals surface area contributed by atoms with Crippen molar-refractivity contribution in [2.75, 3.05) is 13.1 Å². The number of benzene rings is 1. The lowest BCUT2D eigenvalue weighted by atomic mass is 10.2. The first kappa shape index (κ1) is 14.5. The summed E-state index contributed by atoms with van der Waals surface area (Å²) in [5.74, 6) is -0.492. The van der Waals surface area contributed by atoms with Gasteiger partial charge in [0.1, 0.15) is 0 Å². The zero-order valence-electron chi connectivity index (χ0n) is 11.3. The molecule has 6 heteroatoms. The summed E-state index contributed by atoms with van der Waals surface area (Å²) in [6.45, 7) is 0.624. The summed E-state index contributed by atoms with van der Waals surface area (Å²) in [7, 11) is 0. The van der Waals surface area contributed by atoms with Crippen LogP contribution in [0, 0.1) is 0 Å². The Morgan fingerprint density at radius 3 is 2.05 bits per heavy atom. The molecule has 0 saturated carbocycles. The van der Waals surface area contributed by atoms with Crippen LogP contribution in [0.5, 0.6) is 0 Å². The molecule has 21 heavy (non-hydrogen) atoms. The van der Waals surface area contributed by atoms with Gasteiger partial charge in [-0.15, -0.1) is 0 Å². The first-order valence-corrected chi connectivity index (χ1v) is 6.47. The molecule has 0 spiro atoms. The Bertz CT molecular complexity index is 660. The third-order valence-electron chi connectivity index (χ3n) is 2.78. The largest absolute Gasteiger partial charge is 0.350 e. The lowest BCUT2D eigenvalue weighted by Crippen LogP contribution is -2.34. The molecule has 0 aliphatic heterocycles. The van der Waals surface area contributed by atoms with Crippen LogP contribution in [-0.2, 0) is 0 Å². The van der Waals surface area contributed by atoms with E-state index in [4.69, 9.17) is 0 Å². The van der Waals surface area contributed by atoms with Crippen LogP contribution in [0.2, 0.25) is 0 Å². The molecule has 0 atom stereocenters. The second kappa shape index (κ2) is 7.04. The van der Waals surface area contributed by atoms with Gasteiger partial charge in [0.15, 0.2) is 0 Å². The zero-order chi connectivity index (χ0) is 15.1. The molecule has 1 aromatic heterocycles. The van der Waals surface area contributed by atoms with Crippen LogP contribution in [0.3, 0.4) is 0 Å². The highest BCUT2D eigenvalue weighted by Gasteiger charge is 2.06. The minimum atomic E-state index is -0.305. The van der Waals surface area contributed by atoms with Gasteiger partial charge in [-0.25, -0.2) is 0 Å². The maximum atomic E-state index is 11.7. The quantitative estimate of drug-likeness (QED) is 0.700. The number of hydrogen-bond donors (Lipinski definition) is 3. The number of rotatable bonds is 5. The van der Waals surface area contributed by atoms with Crippen LogP contribution in [0.4, 0.5) is 0 Å².